The lowest BCUT2D eigenvalue weighted by Crippen LogP contribution is -2.53. The number of nitrogens with zero attached hydrogens (tertiary/aromatic N) is 2. The van der Waals surface area contributed by atoms with Crippen LogP contribution in [0.15, 0.2) is 24.5 Å². The number of aromatic nitrogens is 1. The van der Waals surface area contributed by atoms with Crippen LogP contribution in [0.4, 0.5) is 0 Å². The van der Waals surface area contributed by atoms with Crippen molar-refractivity contribution in [2.75, 3.05) is 13.1 Å². The van der Waals surface area contributed by atoms with Gasteiger partial charge in [-0.15, -0.1) is 0 Å². The third-order valence-electron chi connectivity index (χ3n) is 5.06. The molecule has 21 heavy (non-hydrogen) atoms. The van der Waals surface area contributed by atoms with Gasteiger partial charge in [-0.2, -0.15) is 5.53 Å². The molecule has 2 saturated heterocycles. The quantitative estimate of drug-likeness (QED) is 0.723. The molecule has 1 aromatic heterocycles. The first-order valence-corrected chi connectivity index (χ1v) is 7.76. The van der Waals surface area contributed by atoms with Gasteiger partial charge in [0.15, 0.2) is 0 Å². The molecule has 1 aromatic rings. The second-order valence-corrected chi connectivity index (χ2v) is 6.36. The number of amides is 1. The van der Waals surface area contributed by atoms with Crippen LogP contribution in [0.2, 0.25) is 0 Å². The minimum atomic E-state index is 0.176. The lowest BCUT2D eigenvalue weighted by atomic mass is 9.81. The molecule has 112 valence electrons. The molecule has 2 aliphatic heterocycles. The van der Waals surface area contributed by atoms with Crippen molar-refractivity contribution in [1.82, 2.24) is 26.3 Å². The minimum Gasteiger partial charge on any atom is -0.341 e. The van der Waals surface area contributed by atoms with Crippen molar-refractivity contribution < 1.29 is 4.79 Å². The minimum absolute atomic E-state index is 0.176. The summed E-state index contributed by atoms with van der Waals surface area (Å²) in [4.78, 5) is 18.8. The Morgan fingerprint density at radius 1 is 1.24 bits per heavy atom. The van der Waals surface area contributed by atoms with Gasteiger partial charge in [-0.25, -0.2) is 10.9 Å². The number of rotatable bonds is 2. The number of nitrogens with one attached hydrogen (secondary N) is 3. The molecule has 3 aliphatic rings. The van der Waals surface area contributed by atoms with Crippen LogP contribution in [0.5, 0.6) is 0 Å². The second kappa shape index (κ2) is 5.36. The first-order valence-electron chi connectivity index (χ1n) is 7.76. The van der Waals surface area contributed by atoms with Crippen molar-refractivity contribution in [1.29, 1.82) is 0 Å². The molecule has 1 aliphatic carbocycles. The van der Waals surface area contributed by atoms with Crippen LogP contribution in [-0.4, -0.2) is 41.0 Å². The molecule has 3 heterocycles. The maximum Gasteiger partial charge on any atom is 0.225 e. The smallest absolute Gasteiger partial charge is 0.225 e. The Morgan fingerprint density at radius 3 is 2.90 bits per heavy atom. The van der Waals surface area contributed by atoms with E-state index in [4.69, 9.17) is 0 Å². The van der Waals surface area contributed by atoms with Gasteiger partial charge in [0.25, 0.3) is 0 Å². The van der Waals surface area contributed by atoms with Crippen molar-refractivity contribution >= 4 is 5.91 Å². The molecule has 3 atom stereocenters. The van der Waals surface area contributed by atoms with E-state index in [0.717, 1.165) is 32.4 Å². The van der Waals surface area contributed by atoms with Crippen LogP contribution in [-0.2, 0) is 4.79 Å². The van der Waals surface area contributed by atoms with Crippen molar-refractivity contribution in [2.24, 2.45) is 5.92 Å². The van der Waals surface area contributed by atoms with Gasteiger partial charge in [-0.1, -0.05) is 6.07 Å². The molecule has 4 rings (SSSR count). The van der Waals surface area contributed by atoms with Gasteiger partial charge in [-0.05, 0) is 30.9 Å². The van der Waals surface area contributed by atoms with E-state index in [-0.39, 0.29) is 5.92 Å². The molecule has 6 nitrogen and oxygen atoms in total. The predicted octanol–water partition coefficient (Wildman–Crippen LogP) is 0.157. The van der Waals surface area contributed by atoms with E-state index in [2.05, 4.69) is 27.4 Å². The Hall–Kier alpha value is -1.50. The Labute approximate surface area is 124 Å². The summed E-state index contributed by atoms with van der Waals surface area (Å²) in [7, 11) is 0. The molecule has 0 radical (unpaired) electrons. The van der Waals surface area contributed by atoms with E-state index < -0.39 is 0 Å². The molecular formula is C15H21N5O. The summed E-state index contributed by atoms with van der Waals surface area (Å²) in [5.74, 6) is 0.976. The van der Waals surface area contributed by atoms with Crippen molar-refractivity contribution in [3.8, 4) is 0 Å². The highest BCUT2D eigenvalue weighted by Gasteiger charge is 2.40. The van der Waals surface area contributed by atoms with Gasteiger partial charge in [0, 0.05) is 49.4 Å². The van der Waals surface area contributed by atoms with Gasteiger partial charge in [0.1, 0.15) is 0 Å². The monoisotopic (exact) mass is 287 g/mol. The third kappa shape index (κ3) is 2.43. The van der Waals surface area contributed by atoms with Crippen LogP contribution in [0, 0.1) is 5.92 Å². The average Bonchev–Trinajstić information content (AvgIpc) is 2.94. The third-order valence-corrected chi connectivity index (χ3v) is 5.06. The second-order valence-electron chi connectivity index (χ2n) is 6.36. The summed E-state index contributed by atoms with van der Waals surface area (Å²) in [5.41, 5.74) is 10.6. The molecule has 6 heteroatoms. The molecule has 3 N–H and O–H groups in total. The van der Waals surface area contributed by atoms with Gasteiger partial charge < -0.3 is 4.90 Å². The number of likely N-dealkylation sites (tertiary alicyclic amines) is 1. The van der Waals surface area contributed by atoms with Gasteiger partial charge >= 0.3 is 0 Å². The number of fused-ring (bicyclic) bond motifs is 1. The SMILES string of the molecule is O=C(C1CCC2NNNC2C1)N1CC(c2cccnc2)C1. The van der Waals surface area contributed by atoms with Gasteiger partial charge in [0.2, 0.25) is 5.91 Å². The largest absolute Gasteiger partial charge is 0.341 e. The zero-order chi connectivity index (χ0) is 14.2. The van der Waals surface area contributed by atoms with Crippen LogP contribution in [0.1, 0.15) is 30.7 Å². The maximum atomic E-state index is 12.6. The van der Waals surface area contributed by atoms with E-state index in [1.807, 2.05) is 17.2 Å². The van der Waals surface area contributed by atoms with E-state index in [9.17, 15) is 4.79 Å². The van der Waals surface area contributed by atoms with E-state index in [1.54, 1.807) is 6.20 Å². The number of hydrazine groups is 2. The van der Waals surface area contributed by atoms with E-state index >= 15 is 0 Å². The van der Waals surface area contributed by atoms with Crippen molar-refractivity contribution in [3.63, 3.8) is 0 Å². The zero-order valence-electron chi connectivity index (χ0n) is 12.0. The number of pyridine rings is 1. The highest BCUT2D eigenvalue weighted by atomic mass is 16.2. The predicted molar refractivity (Wildman–Crippen MR) is 77.9 cm³/mol. The van der Waals surface area contributed by atoms with Gasteiger partial charge in [0.05, 0.1) is 0 Å². The lowest BCUT2D eigenvalue weighted by molar-refractivity contribution is -0.141. The fraction of sp³-hybridized carbons (Fsp3) is 0.600. The summed E-state index contributed by atoms with van der Waals surface area (Å²) in [6.45, 7) is 1.69. The van der Waals surface area contributed by atoms with Crippen molar-refractivity contribution in [3.05, 3.63) is 30.1 Å². The highest BCUT2D eigenvalue weighted by molar-refractivity contribution is 5.80. The summed E-state index contributed by atoms with van der Waals surface area (Å²) in [5, 5.41) is 0. The molecule has 0 bridgehead atoms. The molecule has 0 aromatic carbocycles. The normalized spacial score (nSPS) is 32.6. The molecular weight excluding hydrogens is 266 g/mol. The summed E-state index contributed by atoms with van der Waals surface area (Å²) < 4.78 is 0. The maximum absolute atomic E-state index is 12.6. The lowest BCUT2D eigenvalue weighted by Gasteiger charge is -2.42. The Morgan fingerprint density at radius 2 is 2.10 bits per heavy atom. The number of hydrogen-bond acceptors (Lipinski definition) is 5. The first kappa shape index (κ1) is 13.2. The molecule has 3 fully saturated rings. The zero-order valence-corrected chi connectivity index (χ0v) is 12.0. The van der Waals surface area contributed by atoms with Crippen LogP contribution in [0.3, 0.4) is 0 Å². The van der Waals surface area contributed by atoms with Crippen molar-refractivity contribution in [2.45, 2.75) is 37.3 Å². The Bertz CT molecular complexity index is 516. The van der Waals surface area contributed by atoms with Gasteiger partial charge in [-0.3, -0.25) is 9.78 Å². The topological polar surface area (TPSA) is 69.3 Å². The average molecular weight is 287 g/mol. The van der Waals surface area contributed by atoms with Crippen LogP contribution < -0.4 is 16.4 Å². The molecule has 3 unspecified atom stereocenters. The van der Waals surface area contributed by atoms with Crippen LogP contribution >= 0.6 is 0 Å². The summed E-state index contributed by atoms with van der Waals surface area (Å²) in [6, 6.07) is 4.91. The Balaban J connectivity index is 1.33. The molecule has 0 spiro atoms. The fourth-order valence-corrected chi connectivity index (χ4v) is 3.70. The Kier molecular flexibility index (Phi) is 3.37. The summed E-state index contributed by atoms with van der Waals surface area (Å²) >= 11 is 0. The van der Waals surface area contributed by atoms with E-state index in [1.165, 1.54) is 5.56 Å². The standard InChI is InChI=1S/C15H21N5O/c21-15(10-3-4-13-14(6-10)18-19-17-13)20-8-12(9-20)11-2-1-5-16-7-11/h1-2,5,7,10,12-14,17-19H,3-4,6,8-9H2. The number of carbonyl (C=O) groups excluding carboxylic acids is 1. The molecule has 1 saturated carbocycles. The highest BCUT2D eigenvalue weighted by Crippen LogP contribution is 2.32. The van der Waals surface area contributed by atoms with E-state index in [0.29, 0.717) is 23.9 Å². The molecule has 1 amide bonds. The fourth-order valence-electron chi connectivity index (χ4n) is 3.70. The summed E-state index contributed by atoms with van der Waals surface area (Å²) in [6.07, 6.45) is 6.68. The first-order chi connectivity index (χ1) is 10.3. The number of carbonyl (C=O) groups is 1. The van der Waals surface area contributed by atoms with Crippen LogP contribution in [0.25, 0.3) is 0 Å². The number of hydrogen-bond donors (Lipinski definition) is 3.